The third-order valence-electron chi connectivity index (χ3n) is 5.40. The number of aliphatic carboxylic acids is 1. The molecule has 1 aliphatic rings. The van der Waals surface area contributed by atoms with E-state index in [-0.39, 0.29) is 29.7 Å². The number of aromatic nitrogens is 2. The second-order valence-corrected chi connectivity index (χ2v) is 7.38. The third-order valence-corrected chi connectivity index (χ3v) is 5.40. The summed E-state index contributed by atoms with van der Waals surface area (Å²) in [5.74, 6) is -1.11. The lowest BCUT2D eigenvalue weighted by Crippen LogP contribution is -2.39. The van der Waals surface area contributed by atoms with E-state index in [0.29, 0.717) is 43.3 Å². The zero-order valence-corrected chi connectivity index (χ0v) is 15.6. The zero-order valence-electron chi connectivity index (χ0n) is 15.6. The quantitative estimate of drug-likeness (QED) is 0.655. The molecule has 1 saturated carbocycles. The van der Waals surface area contributed by atoms with E-state index in [1.807, 2.05) is 0 Å². The van der Waals surface area contributed by atoms with Crippen LogP contribution >= 0.6 is 0 Å². The molecular formula is C20H24N3O5-. The van der Waals surface area contributed by atoms with Gasteiger partial charge in [0.15, 0.2) is 0 Å². The molecular weight excluding hydrogens is 362 g/mol. The predicted octanol–water partition coefficient (Wildman–Crippen LogP) is 0.143. The molecule has 1 aliphatic carbocycles. The maximum Gasteiger partial charge on any atom is 0.328 e. The number of carbonyl (C=O) groups is 2. The van der Waals surface area contributed by atoms with Crippen molar-refractivity contribution in [1.82, 2.24) is 14.9 Å². The number of carboxylic acid groups (broad SMARTS) is 1. The van der Waals surface area contributed by atoms with Gasteiger partial charge in [0.2, 0.25) is 5.91 Å². The Balaban J connectivity index is 1.55. The topological polar surface area (TPSA) is 124 Å². The molecule has 0 atom stereocenters. The number of carbonyl (C=O) groups excluding carboxylic acids is 2. The second-order valence-electron chi connectivity index (χ2n) is 7.38. The Morgan fingerprint density at radius 3 is 2.57 bits per heavy atom. The monoisotopic (exact) mass is 386 g/mol. The van der Waals surface area contributed by atoms with Gasteiger partial charge < -0.3 is 20.2 Å². The summed E-state index contributed by atoms with van der Waals surface area (Å²) in [6.07, 6.45) is 3.19. The van der Waals surface area contributed by atoms with E-state index in [1.54, 1.807) is 24.3 Å². The Labute approximate surface area is 161 Å². The van der Waals surface area contributed by atoms with E-state index in [1.165, 1.54) is 4.57 Å². The number of carboxylic acids is 1. The Morgan fingerprint density at radius 2 is 1.86 bits per heavy atom. The molecule has 0 unspecified atom stereocenters. The van der Waals surface area contributed by atoms with Crippen molar-refractivity contribution in [2.24, 2.45) is 11.8 Å². The SMILES string of the molecule is O=C([O-])CCCNC(=O)C1CCC(Cn2c(=O)[nH]c3ccccc3c2=O)CC1. The first-order valence-corrected chi connectivity index (χ1v) is 9.65. The summed E-state index contributed by atoms with van der Waals surface area (Å²) in [5, 5.41) is 13.6. The standard InChI is InChI=1S/C20H25N3O5/c24-17(25)6-3-11-21-18(26)14-9-7-13(8-10-14)12-23-19(27)15-4-1-2-5-16(15)22-20(23)28/h1-2,4-5,13-14H,3,6-12H2,(H,21,26)(H,22,28)(H,24,25)/p-1. The van der Waals surface area contributed by atoms with E-state index in [2.05, 4.69) is 10.3 Å². The molecule has 0 radical (unpaired) electrons. The number of aromatic amines is 1. The van der Waals surface area contributed by atoms with E-state index < -0.39 is 11.7 Å². The molecule has 28 heavy (non-hydrogen) atoms. The minimum Gasteiger partial charge on any atom is -0.550 e. The maximum atomic E-state index is 12.6. The number of H-pyrrole nitrogens is 1. The van der Waals surface area contributed by atoms with Crippen LogP contribution in [0.3, 0.4) is 0 Å². The lowest BCUT2D eigenvalue weighted by atomic mass is 9.81. The average Bonchev–Trinajstić information content (AvgIpc) is 2.68. The normalized spacial score (nSPS) is 19.4. The minimum atomic E-state index is -1.12. The Kier molecular flexibility index (Phi) is 6.28. The van der Waals surface area contributed by atoms with Crippen molar-refractivity contribution in [1.29, 1.82) is 0 Å². The van der Waals surface area contributed by atoms with Gasteiger partial charge >= 0.3 is 5.69 Å². The van der Waals surface area contributed by atoms with Crippen molar-refractivity contribution >= 4 is 22.8 Å². The van der Waals surface area contributed by atoms with Crippen molar-refractivity contribution < 1.29 is 14.7 Å². The van der Waals surface area contributed by atoms with E-state index in [9.17, 15) is 24.3 Å². The summed E-state index contributed by atoms with van der Waals surface area (Å²) in [5.41, 5.74) is -0.156. The molecule has 1 aromatic heterocycles. The number of benzene rings is 1. The zero-order chi connectivity index (χ0) is 20.1. The Morgan fingerprint density at radius 1 is 1.14 bits per heavy atom. The molecule has 1 amide bonds. The van der Waals surface area contributed by atoms with Crippen molar-refractivity contribution in [2.75, 3.05) is 6.54 Å². The summed E-state index contributed by atoms with van der Waals surface area (Å²) >= 11 is 0. The van der Waals surface area contributed by atoms with Crippen molar-refractivity contribution in [2.45, 2.75) is 45.1 Å². The number of nitrogens with one attached hydrogen (secondary N) is 2. The lowest BCUT2D eigenvalue weighted by molar-refractivity contribution is -0.305. The fraction of sp³-hybridized carbons (Fsp3) is 0.500. The molecule has 2 aromatic rings. The first kappa shape index (κ1) is 19.9. The van der Waals surface area contributed by atoms with Gasteiger partial charge in [-0.3, -0.25) is 14.2 Å². The highest BCUT2D eigenvalue weighted by Gasteiger charge is 2.27. The lowest BCUT2D eigenvalue weighted by Gasteiger charge is -2.28. The van der Waals surface area contributed by atoms with Crippen LogP contribution in [0.5, 0.6) is 0 Å². The van der Waals surface area contributed by atoms with Crippen LogP contribution in [-0.4, -0.2) is 28.0 Å². The van der Waals surface area contributed by atoms with Crippen LogP contribution in [0.1, 0.15) is 38.5 Å². The summed E-state index contributed by atoms with van der Waals surface area (Å²) in [4.78, 5) is 50.2. The first-order valence-electron chi connectivity index (χ1n) is 9.65. The summed E-state index contributed by atoms with van der Waals surface area (Å²) < 4.78 is 1.26. The Hall–Kier alpha value is -2.90. The van der Waals surface area contributed by atoms with Crippen molar-refractivity contribution in [3.63, 3.8) is 0 Å². The highest BCUT2D eigenvalue weighted by Crippen LogP contribution is 2.29. The number of amides is 1. The highest BCUT2D eigenvalue weighted by molar-refractivity contribution is 5.78. The highest BCUT2D eigenvalue weighted by atomic mass is 16.4. The second kappa shape index (κ2) is 8.86. The maximum absolute atomic E-state index is 12.6. The van der Waals surface area contributed by atoms with Gasteiger partial charge in [0.05, 0.1) is 10.9 Å². The van der Waals surface area contributed by atoms with Crippen molar-refractivity contribution in [3.05, 3.63) is 45.1 Å². The first-order chi connectivity index (χ1) is 13.5. The molecule has 1 aromatic carbocycles. The van der Waals surface area contributed by atoms with Crippen LogP contribution < -0.4 is 21.7 Å². The molecule has 8 nitrogen and oxygen atoms in total. The van der Waals surface area contributed by atoms with Gasteiger partial charge in [0.25, 0.3) is 5.56 Å². The van der Waals surface area contributed by atoms with Gasteiger partial charge in [0.1, 0.15) is 0 Å². The Bertz CT molecular complexity index is 970. The van der Waals surface area contributed by atoms with Crippen LogP contribution in [0.25, 0.3) is 10.9 Å². The molecule has 1 fully saturated rings. The average molecular weight is 386 g/mol. The molecule has 0 aliphatic heterocycles. The third kappa shape index (κ3) is 4.68. The van der Waals surface area contributed by atoms with Crippen LogP contribution in [-0.2, 0) is 16.1 Å². The van der Waals surface area contributed by atoms with Gasteiger partial charge in [-0.1, -0.05) is 12.1 Å². The van der Waals surface area contributed by atoms with Crippen LogP contribution in [0.4, 0.5) is 0 Å². The number of fused-ring (bicyclic) bond motifs is 1. The molecule has 0 bridgehead atoms. The minimum absolute atomic E-state index is 0.0579. The van der Waals surface area contributed by atoms with Gasteiger partial charge in [0, 0.05) is 25.0 Å². The summed E-state index contributed by atoms with van der Waals surface area (Å²) in [6, 6.07) is 6.95. The van der Waals surface area contributed by atoms with Crippen LogP contribution in [0, 0.1) is 11.8 Å². The van der Waals surface area contributed by atoms with Gasteiger partial charge in [-0.2, -0.15) is 0 Å². The van der Waals surface area contributed by atoms with E-state index in [0.717, 1.165) is 12.8 Å². The number of rotatable bonds is 7. The summed E-state index contributed by atoms with van der Waals surface area (Å²) in [7, 11) is 0. The number of hydrogen-bond acceptors (Lipinski definition) is 5. The molecule has 8 heteroatoms. The largest absolute Gasteiger partial charge is 0.550 e. The van der Waals surface area contributed by atoms with Gasteiger partial charge in [-0.25, -0.2) is 4.79 Å². The fourth-order valence-electron chi connectivity index (χ4n) is 3.82. The number of para-hydroxylation sites is 1. The van der Waals surface area contributed by atoms with Crippen LogP contribution in [0.2, 0.25) is 0 Å². The molecule has 150 valence electrons. The summed E-state index contributed by atoms with van der Waals surface area (Å²) in [6.45, 7) is 0.674. The molecule has 0 spiro atoms. The molecule has 3 rings (SSSR count). The molecule has 0 saturated heterocycles. The van der Waals surface area contributed by atoms with Crippen LogP contribution in [0.15, 0.2) is 33.9 Å². The van der Waals surface area contributed by atoms with E-state index >= 15 is 0 Å². The smallest absolute Gasteiger partial charge is 0.328 e. The van der Waals surface area contributed by atoms with E-state index in [4.69, 9.17) is 0 Å². The van der Waals surface area contributed by atoms with Crippen molar-refractivity contribution in [3.8, 4) is 0 Å². The molecule has 1 heterocycles. The number of hydrogen-bond donors (Lipinski definition) is 2. The number of nitrogens with zero attached hydrogens (tertiary/aromatic N) is 1. The fourth-order valence-corrected chi connectivity index (χ4v) is 3.82. The van der Waals surface area contributed by atoms with Gasteiger partial charge in [-0.05, 0) is 56.6 Å². The van der Waals surface area contributed by atoms with Gasteiger partial charge in [-0.15, -0.1) is 0 Å². The molecule has 2 N–H and O–H groups in total. The predicted molar refractivity (Wildman–Crippen MR) is 102 cm³/mol.